The van der Waals surface area contributed by atoms with E-state index in [0.29, 0.717) is 18.0 Å². The van der Waals surface area contributed by atoms with Crippen LogP contribution in [0, 0.1) is 0 Å². The number of anilines is 1. The smallest absolute Gasteiger partial charge is 0.253 e. The number of ether oxygens (including phenoxy) is 3. The minimum atomic E-state index is -0.612. The molecule has 1 amide bonds. The zero-order valence-electron chi connectivity index (χ0n) is 17.0. The summed E-state index contributed by atoms with van der Waals surface area (Å²) in [5.41, 5.74) is 2.68. The number of methoxy groups -OCH3 is 2. The van der Waals surface area contributed by atoms with Crippen LogP contribution in [0.2, 0.25) is 0 Å². The van der Waals surface area contributed by atoms with E-state index < -0.39 is 6.10 Å². The molecule has 2 rings (SSSR count). The summed E-state index contributed by atoms with van der Waals surface area (Å²) in [4.78, 5) is 12.6. The van der Waals surface area contributed by atoms with E-state index in [0.717, 1.165) is 16.9 Å². The van der Waals surface area contributed by atoms with Gasteiger partial charge in [0.1, 0.15) is 17.6 Å². The molecule has 0 bridgehead atoms. The number of amides is 1. The Kier molecular flexibility index (Phi) is 6.86. The van der Waals surface area contributed by atoms with Crippen molar-refractivity contribution < 1.29 is 19.0 Å². The maximum Gasteiger partial charge on any atom is 0.253 e. The fraction of sp³-hybridized carbons (Fsp3) is 0.409. The number of nitrogens with one attached hydrogen (secondary N) is 1. The lowest BCUT2D eigenvalue weighted by Crippen LogP contribution is -2.28. The molecule has 0 aromatic heterocycles. The Morgan fingerprint density at radius 1 is 1.07 bits per heavy atom. The molecule has 5 nitrogen and oxygen atoms in total. The number of rotatable bonds is 7. The molecule has 0 heterocycles. The zero-order valence-corrected chi connectivity index (χ0v) is 17.0. The zero-order chi connectivity index (χ0) is 20.0. The summed E-state index contributed by atoms with van der Waals surface area (Å²) < 4.78 is 16.3. The molecule has 0 saturated heterocycles. The van der Waals surface area contributed by atoms with Crippen LogP contribution in [-0.4, -0.2) is 26.2 Å². The second kappa shape index (κ2) is 8.91. The Morgan fingerprint density at radius 2 is 1.81 bits per heavy atom. The van der Waals surface area contributed by atoms with Crippen molar-refractivity contribution in [1.82, 2.24) is 0 Å². The topological polar surface area (TPSA) is 56.8 Å². The van der Waals surface area contributed by atoms with E-state index >= 15 is 0 Å². The van der Waals surface area contributed by atoms with E-state index in [9.17, 15) is 4.79 Å². The van der Waals surface area contributed by atoms with Gasteiger partial charge in [0.25, 0.3) is 5.91 Å². The monoisotopic (exact) mass is 371 g/mol. The van der Waals surface area contributed by atoms with Gasteiger partial charge >= 0.3 is 0 Å². The van der Waals surface area contributed by atoms with Crippen LogP contribution in [-0.2, 0) is 21.6 Å². The van der Waals surface area contributed by atoms with Crippen LogP contribution >= 0.6 is 0 Å². The number of hydrogen-bond acceptors (Lipinski definition) is 4. The van der Waals surface area contributed by atoms with Crippen molar-refractivity contribution in [3.05, 3.63) is 53.6 Å². The van der Waals surface area contributed by atoms with Crippen LogP contribution in [0.15, 0.2) is 42.5 Å². The molecule has 27 heavy (non-hydrogen) atoms. The molecule has 1 unspecified atom stereocenters. The molecule has 146 valence electrons. The van der Waals surface area contributed by atoms with E-state index in [1.54, 1.807) is 21.1 Å². The van der Waals surface area contributed by atoms with Crippen molar-refractivity contribution in [2.45, 2.75) is 45.8 Å². The van der Waals surface area contributed by atoms with Crippen LogP contribution in [0.1, 0.15) is 38.8 Å². The van der Waals surface area contributed by atoms with E-state index in [1.165, 1.54) is 0 Å². The Bertz CT molecular complexity index is 780. The fourth-order valence-electron chi connectivity index (χ4n) is 2.57. The summed E-state index contributed by atoms with van der Waals surface area (Å²) >= 11 is 0. The molecular formula is C22H29NO4. The summed E-state index contributed by atoms with van der Waals surface area (Å²) in [6.45, 7) is 8.43. The third kappa shape index (κ3) is 5.73. The second-order valence-electron chi connectivity index (χ2n) is 7.46. The summed E-state index contributed by atoms with van der Waals surface area (Å²) in [5, 5.41) is 2.92. The van der Waals surface area contributed by atoms with E-state index in [2.05, 4.69) is 26.1 Å². The van der Waals surface area contributed by atoms with Crippen LogP contribution in [0.3, 0.4) is 0 Å². The number of hydrogen-bond donors (Lipinski definition) is 1. The maximum atomic E-state index is 12.6. The molecule has 2 aromatic carbocycles. The first-order valence-electron chi connectivity index (χ1n) is 8.98. The lowest BCUT2D eigenvalue weighted by molar-refractivity contribution is -0.127. The van der Waals surface area contributed by atoms with E-state index in [1.807, 2.05) is 42.5 Å². The quantitative estimate of drug-likeness (QED) is 0.776. The molecule has 2 aromatic rings. The molecule has 1 N–H and O–H groups in total. The van der Waals surface area contributed by atoms with E-state index in [4.69, 9.17) is 14.2 Å². The van der Waals surface area contributed by atoms with Gasteiger partial charge in [-0.2, -0.15) is 0 Å². The predicted molar refractivity (Wildman–Crippen MR) is 108 cm³/mol. The lowest BCUT2D eigenvalue weighted by atomic mass is 9.87. The molecular weight excluding hydrogens is 342 g/mol. The summed E-state index contributed by atoms with van der Waals surface area (Å²) in [6, 6.07) is 13.4. The average Bonchev–Trinajstić information content (AvgIpc) is 2.65. The van der Waals surface area contributed by atoms with Gasteiger partial charge in [-0.05, 0) is 47.7 Å². The standard InChI is InChI=1S/C22H29NO4/c1-15(27-14-16-8-7-9-18(12-16)25-5)21(24)23-19-13-17(22(2,3)4)10-11-20(19)26-6/h7-13,15H,14H2,1-6H3,(H,23,24). The summed E-state index contributed by atoms with van der Waals surface area (Å²) in [5.74, 6) is 1.16. The highest BCUT2D eigenvalue weighted by Gasteiger charge is 2.19. The van der Waals surface area contributed by atoms with Crippen molar-refractivity contribution in [2.24, 2.45) is 0 Å². The Labute approximate surface area is 161 Å². The molecule has 5 heteroatoms. The van der Waals surface area contributed by atoms with Crippen molar-refractivity contribution in [2.75, 3.05) is 19.5 Å². The Hall–Kier alpha value is -2.53. The third-order valence-corrected chi connectivity index (χ3v) is 4.33. The van der Waals surface area contributed by atoms with Gasteiger partial charge in [0.2, 0.25) is 0 Å². The highest BCUT2D eigenvalue weighted by Crippen LogP contribution is 2.31. The maximum absolute atomic E-state index is 12.6. The summed E-state index contributed by atoms with van der Waals surface area (Å²) in [7, 11) is 3.21. The predicted octanol–water partition coefficient (Wildman–Crippen LogP) is 4.55. The SMILES string of the molecule is COc1cccc(COC(C)C(=O)Nc2cc(C(C)(C)C)ccc2OC)c1. The fourth-order valence-corrected chi connectivity index (χ4v) is 2.57. The first-order chi connectivity index (χ1) is 12.7. The van der Waals surface area contributed by atoms with Gasteiger partial charge in [-0.15, -0.1) is 0 Å². The molecule has 0 fully saturated rings. The van der Waals surface area contributed by atoms with E-state index in [-0.39, 0.29) is 11.3 Å². The Morgan fingerprint density at radius 3 is 2.44 bits per heavy atom. The molecule has 0 aliphatic rings. The molecule has 0 radical (unpaired) electrons. The van der Waals surface area contributed by atoms with Gasteiger partial charge in [-0.1, -0.05) is 39.0 Å². The van der Waals surface area contributed by atoms with Gasteiger partial charge in [0.15, 0.2) is 0 Å². The first-order valence-corrected chi connectivity index (χ1v) is 8.98. The van der Waals surface area contributed by atoms with Crippen LogP contribution in [0.5, 0.6) is 11.5 Å². The third-order valence-electron chi connectivity index (χ3n) is 4.33. The van der Waals surface area contributed by atoms with Gasteiger partial charge in [0.05, 0.1) is 26.5 Å². The number of carbonyl (C=O) groups excluding carboxylic acids is 1. The molecule has 0 aliphatic carbocycles. The van der Waals surface area contributed by atoms with Crippen molar-refractivity contribution in [3.63, 3.8) is 0 Å². The minimum absolute atomic E-state index is 0.0275. The molecule has 0 spiro atoms. The van der Waals surface area contributed by atoms with Gasteiger partial charge < -0.3 is 19.5 Å². The first kappa shape index (κ1) is 20.8. The molecule has 0 saturated carbocycles. The van der Waals surface area contributed by atoms with Crippen LogP contribution < -0.4 is 14.8 Å². The molecule has 1 atom stereocenters. The van der Waals surface area contributed by atoms with Crippen LogP contribution in [0.4, 0.5) is 5.69 Å². The number of benzene rings is 2. The number of carbonyl (C=O) groups is 1. The highest BCUT2D eigenvalue weighted by molar-refractivity contribution is 5.95. The highest BCUT2D eigenvalue weighted by atomic mass is 16.5. The molecule has 0 aliphatic heterocycles. The summed E-state index contributed by atoms with van der Waals surface area (Å²) in [6.07, 6.45) is -0.612. The van der Waals surface area contributed by atoms with Crippen LogP contribution in [0.25, 0.3) is 0 Å². The average molecular weight is 371 g/mol. The van der Waals surface area contributed by atoms with Gasteiger partial charge in [-0.3, -0.25) is 4.79 Å². The van der Waals surface area contributed by atoms with Gasteiger partial charge in [0, 0.05) is 0 Å². The van der Waals surface area contributed by atoms with Crippen molar-refractivity contribution >= 4 is 11.6 Å². The Balaban J connectivity index is 2.05. The normalized spacial score (nSPS) is 12.4. The lowest BCUT2D eigenvalue weighted by Gasteiger charge is -2.22. The second-order valence-corrected chi connectivity index (χ2v) is 7.46. The van der Waals surface area contributed by atoms with Crippen molar-refractivity contribution in [1.29, 1.82) is 0 Å². The van der Waals surface area contributed by atoms with Gasteiger partial charge in [-0.25, -0.2) is 0 Å². The largest absolute Gasteiger partial charge is 0.497 e. The minimum Gasteiger partial charge on any atom is -0.497 e. The van der Waals surface area contributed by atoms with Crippen molar-refractivity contribution in [3.8, 4) is 11.5 Å².